The second kappa shape index (κ2) is 7.42. The predicted octanol–water partition coefficient (Wildman–Crippen LogP) is 1.05. The van der Waals surface area contributed by atoms with Crippen LogP contribution in [0.4, 0.5) is 10.5 Å². The van der Waals surface area contributed by atoms with E-state index in [2.05, 4.69) is 10.7 Å². The summed E-state index contributed by atoms with van der Waals surface area (Å²) in [4.78, 5) is 37.5. The fraction of sp³-hybridized carbons (Fsp3) is 0.500. The van der Waals surface area contributed by atoms with Gasteiger partial charge in [-0.15, -0.1) is 0 Å². The van der Waals surface area contributed by atoms with Gasteiger partial charge in [0.25, 0.3) is 11.8 Å². The Bertz CT molecular complexity index is 908. The Morgan fingerprint density at radius 2 is 1.86 bits per heavy atom. The lowest BCUT2D eigenvalue weighted by atomic mass is 9.82. The van der Waals surface area contributed by atoms with Crippen molar-refractivity contribution < 1.29 is 22.8 Å². The average Bonchev–Trinajstić information content (AvgIpc) is 2.84. The van der Waals surface area contributed by atoms with E-state index in [1.165, 1.54) is 0 Å². The molecule has 10 heteroatoms. The quantitative estimate of drug-likeness (QED) is 0.707. The highest BCUT2D eigenvalue weighted by atomic mass is 32.2. The van der Waals surface area contributed by atoms with Crippen molar-refractivity contribution in [3.63, 3.8) is 0 Å². The van der Waals surface area contributed by atoms with Gasteiger partial charge in [0, 0.05) is 0 Å². The maximum absolute atomic E-state index is 12.7. The number of aryl methyl sites for hydroxylation is 1. The van der Waals surface area contributed by atoms with Crippen molar-refractivity contribution in [1.82, 2.24) is 15.8 Å². The first-order valence-corrected chi connectivity index (χ1v) is 11.0. The predicted molar refractivity (Wildman–Crippen MR) is 103 cm³/mol. The van der Waals surface area contributed by atoms with E-state index in [1.807, 2.05) is 0 Å². The number of benzene rings is 1. The number of hydrogen-bond acceptors (Lipinski definition) is 5. The number of nitrogens with one attached hydrogen (secondary N) is 2. The van der Waals surface area contributed by atoms with Crippen molar-refractivity contribution in [2.24, 2.45) is 0 Å². The zero-order chi connectivity index (χ0) is 20.5. The standard InChI is InChI=1S/C18H24N4O5S/c1-13-8-4-5-9-14(13)21(28(2,26)27)12-15(23)20-22-16(24)18(19-17(22)25)10-6-3-7-11-18/h4-5,8-9H,3,6-7,10-12H2,1-2H3,(H,19,25)(H,20,23). The van der Waals surface area contributed by atoms with Gasteiger partial charge in [-0.25, -0.2) is 13.2 Å². The number of nitrogens with zero attached hydrogens (tertiary/aromatic N) is 2. The average molecular weight is 408 g/mol. The van der Waals surface area contributed by atoms with Crippen molar-refractivity contribution in [2.45, 2.75) is 44.6 Å². The van der Waals surface area contributed by atoms with Crippen LogP contribution in [-0.4, -0.2) is 49.6 Å². The number of amides is 4. The molecule has 2 fully saturated rings. The molecule has 152 valence electrons. The van der Waals surface area contributed by atoms with E-state index in [1.54, 1.807) is 31.2 Å². The first kappa shape index (κ1) is 20.1. The summed E-state index contributed by atoms with van der Waals surface area (Å²) < 4.78 is 25.4. The topological polar surface area (TPSA) is 116 Å². The summed E-state index contributed by atoms with van der Waals surface area (Å²) in [5.41, 5.74) is 2.35. The minimum atomic E-state index is -3.75. The Morgan fingerprint density at radius 3 is 2.46 bits per heavy atom. The van der Waals surface area contributed by atoms with Gasteiger partial charge in [0.15, 0.2) is 0 Å². The van der Waals surface area contributed by atoms with Crippen LogP contribution in [0.3, 0.4) is 0 Å². The van der Waals surface area contributed by atoms with E-state index in [0.29, 0.717) is 29.1 Å². The molecule has 0 atom stereocenters. The lowest BCUT2D eigenvalue weighted by Gasteiger charge is -2.30. The number of sulfonamides is 1. The second-order valence-electron chi connectivity index (χ2n) is 7.30. The summed E-state index contributed by atoms with van der Waals surface area (Å²) in [5, 5.41) is 3.36. The molecule has 1 saturated heterocycles. The molecule has 0 bridgehead atoms. The van der Waals surface area contributed by atoms with Crippen molar-refractivity contribution in [2.75, 3.05) is 17.1 Å². The Balaban J connectivity index is 1.76. The van der Waals surface area contributed by atoms with Crippen LogP contribution in [0, 0.1) is 6.92 Å². The van der Waals surface area contributed by atoms with E-state index in [-0.39, 0.29) is 0 Å². The molecular formula is C18H24N4O5S. The zero-order valence-electron chi connectivity index (χ0n) is 15.9. The van der Waals surface area contributed by atoms with E-state index >= 15 is 0 Å². The first-order valence-electron chi connectivity index (χ1n) is 9.14. The van der Waals surface area contributed by atoms with Gasteiger partial charge in [-0.1, -0.05) is 37.5 Å². The summed E-state index contributed by atoms with van der Waals surface area (Å²) in [7, 11) is -3.75. The highest BCUT2D eigenvalue weighted by molar-refractivity contribution is 7.92. The van der Waals surface area contributed by atoms with Gasteiger partial charge >= 0.3 is 6.03 Å². The third-order valence-electron chi connectivity index (χ3n) is 5.18. The molecule has 1 aliphatic heterocycles. The normalized spacial score (nSPS) is 18.9. The largest absolute Gasteiger partial charge is 0.344 e. The van der Waals surface area contributed by atoms with Gasteiger partial charge in [0.05, 0.1) is 11.9 Å². The molecule has 1 aromatic rings. The lowest BCUT2D eigenvalue weighted by Crippen LogP contribution is -2.53. The number of rotatable bonds is 5. The van der Waals surface area contributed by atoms with Crippen LogP contribution < -0.4 is 15.0 Å². The highest BCUT2D eigenvalue weighted by Gasteiger charge is 2.52. The van der Waals surface area contributed by atoms with Crippen LogP contribution in [0.25, 0.3) is 0 Å². The maximum atomic E-state index is 12.7. The summed E-state index contributed by atoms with van der Waals surface area (Å²) in [5.74, 6) is -1.27. The number of anilines is 1. The monoisotopic (exact) mass is 408 g/mol. The second-order valence-corrected chi connectivity index (χ2v) is 9.21. The molecule has 1 spiro atoms. The van der Waals surface area contributed by atoms with Crippen LogP contribution >= 0.6 is 0 Å². The molecule has 28 heavy (non-hydrogen) atoms. The number of carbonyl (C=O) groups is 3. The van der Waals surface area contributed by atoms with Crippen molar-refractivity contribution in [3.05, 3.63) is 29.8 Å². The molecule has 1 aliphatic carbocycles. The number of carbonyl (C=O) groups excluding carboxylic acids is 3. The lowest BCUT2D eigenvalue weighted by molar-refractivity contribution is -0.139. The van der Waals surface area contributed by atoms with Crippen molar-refractivity contribution in [1.29, 1.82) is 0 Å². The smallest absolute Gasteiger partial charge is 0.322 e. The van der Waals surface area contributed by atoms with Gasteiger partial charge in [0.1, 0.15) is 12.1 Å². The minimum Gasteiger partial charge on any atom is -0.322 e. The van der Waals surface area contributed by atoms with E-state index in [9.17, 15) is 22.8 Å². The molecule has 4 amide bonds. The number of para-hydroxylation sites is 1. The molecule has 0 aromatic heterocycles. The van der Waals surface area contributed by atoms with Crippen LogP contribution in [0.2, 0.25) is 0 Å². The van der Waals surface area contributed by atoms with Crippen LogP contribution in [0.15, 0.2) is 24.3 Å². The minimum absolute atomic E-state index is 0.362. The summed E-state index contributed by atoms with van der Waals surface area (Å²) in [6.07, 6.45) is 4.70. The molecule has 9 nitrogen and oxygen atoms in total. The van der Waals surface area contributed by atoms with E-state index < -0.39 is 40.0 Å². The van der Waals surface area contributed by atoms with Crippen molar-refractivity contribution >= 4 is 33.6 Å². The summed E-state index contributed by atoms with van der Waals surface area (Å²) >= 11 is 0. The molecule has 1 saturated carbocycles. The van der Waals surface area contributed by atoms with Gasteiger partial charge < -0.3 is 5.32 Å². The molecule has 3 rings (SSSR count). The Kier molecular flexibility index (Phi) is 5.33. The summed E-state index contributed by atoms with van der Waals surface area (Å²) in [6.45, 7) is 1.18. The number of hydrazine groups is 1. The molecule has 2 aliphatic rings. The van der Waals surface area contributed by atoms with Gasteiger partial charge in [0.2, 0.25) is 10.0 Å². The number of imide groups is 1. The molecule has 0 unspecified atom stereocenters. The molecule has 0 radical (unpaired) electrons. The third kappa shape index (κ3) is 3.82. The van der Waals surface area contributed by atoms with Gasteiger partial charge in [-0.2, -0.15) is 5.01 Å². The first-order chi connectivity index (χ1) is 13.1. The fourth-order valence-corrected chi connectivity index (χ4v) is 4.64. The SMILES string of the molecule is Cc1ccccc1N(CC(=O)NN1C(=O)NC2(CCCCC2)C1=O)S(C)(=O)=O. The Labute approximate surface area is 164 Å². The van der Waals surface area contributed by atoms with E-state index in [0.717, 1.165) is 29.8 Å². The van der Waals surface area contributed by atoms with Crippen LogP contribution in [0.1, 0.15) is 37.7 Å². The Morgan fingerprint density at radius 1 is 1.21 bits per heavy atom. The zero-order valence-corrected chi connectivity index (χ0v) is 16.7. The molecular weight excluding hydrogens is 384 g/mol. The highest BCUT2D eigenvalue weighted by Crippen LogP contribution is 2.33. The molecule has 2 N–H and O–H groups in total. The van der Waals surface area contributed by atoms with Crippen LogP contribution in [0.5, 0.6) is 0 Å². The molecule has 1 heterocycles. The molecule has 1 aromatic carbocycles. The Hall–Kier alpha value is -2.62. The van der Waals surface area contributed by atoms with E-state index in [4.69, 9.17) is 0 Å². The number of hydrogen-bond donors (Lipinski definition) is 2. The maximum Gasteiger partial charge on any atom is 0.344 e. The van der Waals surface area contributed by atoms with Gasteiger partial charge in [-0.05, 0) is 31.4 Å². The van der Waals surface area contributed by atoms with Crippen molar-refractivity contribution in [3.8, 4) is 0 Å². The fourth-order valence-electron chi connectivity index (χ4n) is 3.73. The third-order valence-corrected chi connectivity index (χ3v) is 6.30. The number of urea groups is 1. The summed E-state index contributed by atoms with van der Waals surface area (Å²) in [6, 6.07) is 6.06. The van der Waals surface area contributed by atoms with Crippen LogP contribution in [-0.2, 0) is 19.6 Å². The van der Waals surface area contributed by atoms with Gasteiger partial charge in [-0.3, -0.25) is 19.3 Å².